The molecule has 0 atom stereocenters. The van der Waals surface area contributed by atoms with Gasteiger partial charge in [-0.3, -0.25) is 4.90 Å². The monoisotopic (exact) mass is 217 g/mol. The Kier molecular flexibility index (Phi) is 4.81. The molecule has 3 heteroatoms. The van der Waals surface area contributed by atoms with Gasteiger partial charge in [-0.05, 0) is 31.5 Å². The summed E-state index contributed by atoms with van der Waals surface area (Å²) in [5.41, 5.74) is 7.67. The lowest BCUT2D eigenvalue weighted by Gasteiger charge is -2.25. The van der Waals surface area contributed by atoms with E-state index in [-0.39, 0.29) is 0 Å². The van der Waals surface area contributed by atoms with E-state index in [2.05, 4.69) is 24.8 Å². The molecular formula is C13H19N3. The fraction of sp³-hybridized carbons (Fsp3) is 0.462. The van der Waals surface area contributed by atoms with Crippen molar-refractivity contribution in [3.63, 3.8) is 0 Å². The molecule has 0 spiro atoms. The number of rotatable bonds is 5. The number of hydrogen-bond donors (Lipinski definition) is 1. The summed E-state index contributed by atoms with van der Waals surface area (Å²) in [5.74, 6) is 0. The van der Waals surface area contributed by atoms with Crippen LogP contribution in [0.4, 0.5) is 5.69 Å². The van der Waals surface area contributed by atoms with Crippen LogP contribution in [-0.4, -0.2) is 17.5 Å². The smallest absolute Gasteiger partial charge is 0.0635 e. The van der Waals surface area contributed by atoms with Crippen molar-refractivity contribution in [2.24, 2.45) is 0 Å². The van der Waals surface area contributed by atoms with Crippen LogP contribution in [0.15, 0.2) is 24.3 Å². The highest BCUT2D eigenvalue weighted by atomic mass is 15.1. The first kappa shape index (κ1) is 12.5. The Morgan fingerprint density at radius 3 is 2.44 bits per heavy atom. The first-order valence-corrected chi connectivity index (χ1v) is 5.59. The summed E-state index contributed by atoms with van der Waals surface area (Å²) in [4.78, 5) is 2.29. The number of nitriles is 1. The minimum absolute atomic E-state index is 0.450. The second-order valence-electron chi connectivity index (χ2n) is 4.21. The van der Waals surface area contributed by atoms with Crippen molar-refractivity contribution in [3.8, 4) is 6.07 Å². The molecule has 0 aromatic heterocycles. The highest BCUT2D eigenvalue weighted by Crippen LogP contribution is 2.11. The lowest BCUT2D eigenvalue weighted by molar-refractivity contribution is 0.218. The van der Waals surface area contributed by atoms with E-state index >= 15 is 0 Å². The summed E-state index contributed by atoms with van der Waals surface area (Å²) in [7, 11) is 0. The Balaban J connectivity index is 2.61. The molecule has 0 fully saturated rings. The van der Waals surface area contributed by atoms with Gasteiger partial charge in [0.2, 0.25) is 0 Å². The molecule has 0 aliphatic carbocycles. The van der Waals surface area contributed by atoms with Crippen LogP contribution in [0.1, 0.15) is 25.8 Å². The Morgan fingerprint density at radius 2 is 1.94 bits per heavy atom. The number of benzene rings is 1. The fourth-order valence-electron chi connectivity index (χ4n) is 1.57. The average Bonchev–Trinajstić information content (AvgIpc) is 2.26. The fourth-order valence-corrected chi connectivity index (χ4v) is 1.57. The van der Waals surface area contributed by atoms with Crippen LogP contribution in [-0.2, 0) is 6.54 Å². The summed E-state index contributed by atoms with van der Waals surface area (Å²) in [6.45, 7) is 5.99. The molecular weight excluding hydrogens is 198 g/mol. The second kappa shape index (κ2) is 6.14. The normalized spacial score (nSPS) is 10.7. The van der Waals surface area contributed by atoms with E-state index in [9.17, 15) is 0 Å². The van der Waals surface area contributed by atoms with Crippen molar-refractivity contribution in [3.05, 3.63) is 29.8 Å². The number of nitrogens with two attached hydrogens (primary N) is 1. The van der Waals surface area contributed by atoms with E-state index in [0.29, 0.717) is 12.5 Å². The van der Waals surface area contributed by atoms with E-state index in [0.717, 1.165) is 18.8 Å². The Morgan fingerprint density at radius 1 is 1.31 bits per heavy atom. The molecule has 16 heavy (non-hydrogen) atoms. The van der Waals surface area contributed by atoms with Gasteiger partial charge in [-0.2, -0.15) is 5.26 Å². The van der Waals surface area contributed by atoms with Crippen LogP contribution in [0.5, 0.6) is 0 Å². The minimum Gasteiger partial charge on any atom is -0.399 e. The quantitative estimate of drug-likeness (QED) is 0.770. The van der Waals surface area contributed by atoms with Gasteiger partial charge in [0.15, 0.2) is 0 Å². The van der Waals surface area contributed by atoms with Gasteiger partial charge in [-0.25, -0.2) is 0 Å². The lowest BCUT2D eigenvalue weighted by atomic mass is 10.1. The van der Waals surface area contributed by atoms with Crippen molar-refractivity contribution in [2.45, 2.75) is 32.9 Å². The maximum Gasteiger partial charge on any atom is 0.0635 e. The third kappa shape index (κ3) is 3.92. The SMILES string of the molecule is CC(C)N(CCC#N)Cc1ccc(N)cc1. The molecule has 3 nitrogen and oxygen atoms in total. The molecule has 0 unspecified atom stereocenters. The third-order valence-corrected chi connectivity index (χ3v) is 2.61. The van der Waals surface area contributed by atoms with Gasteiger partial charge < -0.3 is 5.73 Å². The van der Waals surface area contributed by atoms with Crippen molar-refractivity contribution in [1.29, 1.82) is 5.26 Å². The number of nitrogens with zero attached hydrogens (tertiary/aromatic N) is 2. The standard InChI is InChI=1S/C13H19N3/c1-11(2)16(9-3-8-14)10-12-4-6-13(15)7-5-12/h4-7,11H,3,9-10,15H2,1-2H3. The summed E-state index contributed by atoms with van der Waals surface area (Å²) in [5, 5.41) is 8.61. The van der Waals surface area contributed by atoms with Crippen LogP contribution >= 0.6 is 0 Å². The van der Waals surface area contributed by atoms with Crippen LogP contribution in [0.25, 0.3) is 0 Å². The molecule has 0 saturated carbocycles. The molecule has 1 rings (SSSR count). The molecule has 0 saturated heterocycles. The number of anilines is 1. The van der Waals surface area contributed by atoms with E-state index in [1.165, 1.54) is 5.56 Å². The molecule has 0 radical (unpaired) electrons. The van der Waals surface area contributed by atoms with Crippen LogP contribution < -0.4 is 5.73 Å². The van der Waals surface area contributed by atoms with Gasteiger partial charge in [0.1, 0.15) is 0 Å². The largest absolute Gasteiger partial charge is 0.399 e. The zero-order valence-corrected chi connectivity index (χ0v) is 9.98. The van der Waals surface area contributed by atoms with Crippen molar-refractivity contribution in [2.75, 3.05) is 12.3 Å². The van der Waals surface area contributed by atoms with E-state index in [1.54, 1.807) is 0 Å². The first-order valence-electron chi connectivity index (χ1n) is 5.59. The number of hydrogen-bond acceptors (Lipinski definition) is 3. The predicted molar refractivity (Wildman–Crippen MR) is 66.6 cm³/mol. The molecule has 1 aromatic rings. The summed E-state index contributed by atoms with van der Waals surface area (Å²) in [6, 6.07) is 10.5. The summed E-state index contributed by atoms with van der Waals surface area (Å²) < 4.78 is 0. The molecule has 2 N–H and O–H groups in total. The average molecular weight is 217 g/mol. The van der Waals surface area contributed by atoms with E-state index in [4.69, 9.17) is 11.0 Å². The molecule has 0 aliphatic heterocycles. The summed E-state index contributed by atoms with van der Waals surface area (Å²) in [6.07, 6.45) is 0.577. The second-order valence-corrected chi connectivity index (χ2v) is 4.21. The topological polar surface area (TPSA) is 53.0 Å². The zero-order chi connectivity index (χ0) is 12.0. The van der Waals surface area contributed by atoms with E-state index in [1.807, 2.05) is 24.3 Å². The van der Waals surface area contributed by atoms with Gasteiger partial charge in [-0.1, -0.05) is 12.1 Å². The van der Waals surface area contributed by atoms with Crippen LogP contribution in [0, 0.1) is 11.3 Å². The minimum atomic E-state index is 0.450. The van der Waals surface area contributed by atoms with Crippen molar-refractivity contribution in [1.82, 2.24) is 4.90 Å². The van der Waals surface area contributed by atoms with Gasteiger partial charge in [0, 0.05) is 31.2 Å². The molecule has 0 heterocycles. The Hall–Kier alpha value is -1.53. The maximum absolute atomic E-state index is 8.61. The predicted octanol–water partition coefficient (Wildman–Crippen LogP) is 2.39. The van der Waals surface area contributed by atoms with Crippen LogP contribution in [0.2, 0.25) is 0 Å². The van der Waals surface area contributed by atoms with Crippen LogP contribution in [0.3, 0.4) is 0 Å². The van der Waals surface area contributed by atoms with Gasteiger partial charge in [0.05, 0.1) is 6.07 Å². The molecule has 0 amide bonds. The van der Waals surface area contributed by atoms with Crippen molar-refractivity contribution >= 4 is 5.69 Å². The molecule has 1 aromatic carbocycles. The first-order chi connectivity index (χ1) is 7.63. The maximum atomic E-state index is 8.61. The van der Waals surface area contributed by atoms with Gasteiger partial charge >= 0.3 is 0 Å². The highest BCUT2D eigenvalue weighted by molar-refractivity contribution is 5.39. The highest BCUT2D eigenvalue weighted by Gasteiger charge is 2.09. The molecule has 86 valence electrons. The van der Waals surface area contributed by atoms with Gasteiger partial charge in [-0.15, -0.1) is 0 Å². The Labute approximate surface area is 97.5 Å². The van der Waals surface area contributed by atoms with Gasteiger partial charge in [0.25, 0.3) is 0 Å². The van der Waals surface area contributed by atoms with Crippen molar-refractivity contribution < 1.29 is 0 Å². The van der Waals surface area contributed by atoms with E-state index < -0.39 is 0 Å². The zero-order valence-electron chi connectivity index (χ0n) is 9.98. The third-order valence-electron chi connectivity index (χ3n) is 2.61. The molecule has 0 aliphatic rings. The molecule has 0 bridgehead atoms. The summed E-state index contributed by atoms with van der Waals surface area (Å²) >= 11 is 0. The lowest BCUT2D eigenvalue weighted by Crippen LogP contribution is -2.31. The Bertz CT molecular complexity index is 348. The number of nitrogen functional groups attached to an aromatic ring is 1.